The topological polar surface area (TPSA) is 29.5 Å². The molecule has 0 aliphatic heterocycles. The molecule has 0 saturated carbocycles. The minimum Gasteiger partial charge on any atom is -0.384 e. The van der Waals surface area contributed by atoms with Crippen LogP contribution in [-0.4, -0.2) is 11.7 Å². The molecule has 0 radical (unpaired) electrons. The molecule has 0 unspecified atom stereocenters. The van der Waals surface area contributed by atoms with E-state index in [-0.39, 0.29) is 6.61 Å². The van der Waals surface area contributed by atoms with Crippen LogP contribution in [0.3, 0.4) is 0 Å². The summed E-state index contributed by atoms with van der Waals surface area (Å²) in [5, 5.41) is 8.76. The Morgan fingerprint density at radius 3 is 2.50 bits per heavy atom. The van der Waals surface area contributed by atoms with Gasteiger partial charge in [0.15, 0.2) is 0 Å². The molecule has 0 aliphatic carbocycles. The van der Waals surface area contributed by atoms with Gasteiger partial charge in [-0.1, -0.05) is 58.1 Å². The van der Waals surface area contributed by atoms with Crippen molar-refractivity contribution in [1.29, 1.82) is 0 Å². The van der Waals surface area contributed by atoms with Gasteiger partial charge in [0.25, 0.3) is 0 Å². The molecule has 0 aliphatic rings. The fraction of sp³-hybridized carbons (Fsp3) is 0.176. The third kappa shape index (κ3) is 4.50. The van der Waals surface area contributed by atoms with Crippen molar-refractivity contribution in [1.82, 2.24) is 0 Å². The minimum atomic E-state index is -0.131. The highest BCUT2D eigenvalue weighted by molar-refractivity contribution is 9.10. The van der Waals surface area contributed by atoms with Crippen LogP contribution in [0.5, 0.6) is 0 Å². The highest BCUT2D eigenvalue weighted by atomic mass is 79.9. The SMILES string of the molecule is OCC#Cc1ccccc1COCc1ccc(Br)cc1. The van der Waals surface area contributed by atoms with E-state index in [4.69, 9.17) is 9.84 Å². The van der Waals surface area contributed by atoms with E-state index in [2.05, 4.69) is 27.8 Å². The number of aliphatic hydroxyl groups is 1. The van der Waals surface area contributed by atoms with Gasteiger partial charge in [-0.3, -0.25) is 0 Å². The zero-order valence-corrected chi connectivity index (χ0v) is 12.6. The Hall–Kier alpha value is -1.60. The molecular formula is C17H15BrO2. The Morgan fingerprint density at radius 1 is 1.00 bits per heavy atom. The van der Waals surface area contributed by atoms with Crippen LogP contribution in [0, 0.1) is 11.8 Å². The van der Waals surface area contributed by atoms with Crippen molar-refractivity contribution in [3.63, 3.8) is 0 Å². The lowest BCUT2D eigenvalue weighted by Crippen LogP contribution is -1.96. The summed E-state index contributed by atoms with van der Waals surface area (Å²) in [7, 11) is 0. The fourth-order valence-corrected chi connectivity index (χ4v) is 2.03. The van der Waals surface area contributed by atoms with Gasteiger partial charge in [0.1, 0.15) is 6.61 Å². The molecular weight excluding hydrogens is 316 g/mol. The number of rotatable bonds is 4. The summed E-state index contributed by atoms with van der Waals surface area (Å²) in [6.45, 7) is 0.940. The van der Waals surface area contributed by atoms with Crippen molar-refractivity contribution in [2.24, 2.45) is 0 Å². The van der Waals surface area contributed by atoms with Crippen molar-refractivity contribution >= 4 is 15.9 Å². The summed E-state index contributed by atoms with van der Waals surface area (Å²) >= 11 is 3.41. The summed E-state index contributed by atoms with van der Waals surface area (Å²) in [4.78, 5) is 0. The van der Waals surface area contributed by atoms with E-state index < -0.39 is 0 Å². The van der Waals surface area contributed by atoms with Crippen molar-refractivity contribution in [2.45, 2.75) is 13.2 Å². The molecule has 0 spiro atoms. The highest BCUT2D eigenvalue weighted by Crippen LogP contribution is 2.13. The molecule has 2 nitrogen and oxygen atoms in total. The number of hydrogen-bond acceptors (Lipinski definition) is 2. The Kier molecular flexibility index (Phi) is 5.82. The van der Waals surface area contributed by atoms with E-state index in [1.54, 1.807) is 0 Å². The third-order valence-corrected chi connectivity index (χ3v) is 3.29. The molecule has 2 aromatic carbocycles. The molecule has 3 heteroatoms. The standard InChI is InChI=1S/C17H15BrO2/c18-17-9-7-14(8-10-17)12-20-13-16-5-2-1-4-15(16)6-3-11-19/h1-2,4-5,7-10,19H,11-13H2. The van der Waals surface area contributed by atoms with Gasteiger partial charge in [0.2, 0.25) is 0 Å². The first-order chi connectivity index (χ1) is 9.79. The van der Waals surface area contributed by atoms with E-state index in [0.29, 0.717) is 13.2 Å². The number of aliphatic hydroxyl groups excluding tert-OH is 1. The molecule has 0 bridgehead atoms. The van der Waals surface area contributed by atoms with Crippen molar-refractivity contribution in [3.05, 3.63) is 69.7 Å². The number of benzene rings is 2. The van der Waals surface area contributed by atoms with Gasteiger partial charge in [0, 0.05) is 10.0 Å². The Bertz CT molecular complexity index is 609. The monoisotopic (exact) mass is 330 g/mol. The van der Waals surface area contributed by atoms with E-state index >= 15 is 0 Å². The quantitative estimate of drug-likeness (QED) is 0.869. The zero-order chi connectivity index (χ0) is 14.2. The number of hydrogen-bond donors (Lipinski definition) is 1. The van der Waals surface area contributed by atoms with Crippen LogP contribution in [0.1, 0.15) is 16.7 Å². The predicted octanol–water partition coefficient (Wildman–Crippen LogP) is 3.51. The maximum absolute atomic E-state index is 8.76. The van der Waals surface area contributed by atoms with Gasteiger partial charge in [-0.2, -0.15) is 0 Å². The summed E-state index contributed by atoms with van der Waals surface area (Å²) in [6.07, 6.45) is 0. The van der Waals surface area contributed by atoms with Gasteiger partial charge in [-0.05, 0) is 29.3 Å². The van der Waals surface area contributed by atoms with Crippen LogP contribution < -0.4 is 0 Å². The number of halogens is 1. The molecule has 2 rings (SSSR count). The molecule has 0 amide bonds. The smallest absolute Gasteiger partial charge is 0.104 e. The lowest BCUT2D eigenvalue weighted by molar-refractivity contribution is 0.107. The Morgan fingerprint density at radius 2 is 1.75 bits per heavy atom. The third-order valence-electron chi connectivity index (χ3n) is 2.76. The number of ether oxygens (including phenoxy) is 1. The van der Waals surface area contributed by atoms with E-state index in [1.165, 1.54) is 0 Å². The van der Waals surface area contributed by atoms with E-state index in [1.807, 2.05) is 48.5 Å². The van der Waals surface area contributed by atoms with Crippen LogP contribution in [0.4, 0.5) is 0 Å². The Labute approximate surface area is 127 Å². The first kappa shape index (κ1) is 14.8. The van der Waals surface area contributed by atoms with Crippen LogP contribution in [0.25, 0.3) is 0 Å². The summed E-state index contributed by atoms with van der Waals surface area (Å²) in [5.74, 6) is 5.60. The van der Waals surface area contributed by atoms with Gasteiger partial charge in [-0.25, -0.2) is 0 Å². The molecule has 0 heterocycles. The first-order valence-corrected chi connectivity index (χ1v) is 7.08. The van der Waals surface area contributed by atoms with Crippen molar-refractivity contribution < 1.29 is 9.84 Å². The maximum atomic E-state index is 8.76. The second-order valence-electron chi connectivity index (χ2n) is 4.24. The van der Waals surface area contributed by atoms with Gasteiger partial charge >= 0.3 is 0 Å². The highest BCUT2D eigenvalue weighted by Gasteiger charge is 2.00. The van der Waals surface area contributed by atoms with Crippen molar-refractivity contribution in [2.75, 3.05) is 6.61 Å². The lowest BCUT2D eigenvalue weighted by Gasteiger charge is -2.07. The van der Waals surface area contributed by atoms with Gasteiger partial charge in [-0.15, -0.1) is 0 Å². The molecule has 20 heavy (non-hydrogen) atoms. The molecule has 0 saturated heterocycles. The molecule has 2 aromatic rings. The molecule has 0 fully saturated rings. The molecule has 0 atom stereocenters. The lowest BCUT2D eigenvalue weighted by atomic mass is 10.1. The van der Waals surface area contributed by atoms with Gasteiger partial charge in [0.05, 0.1) is 13.2 Å². The summed E-state index contributed by atoms with van der Waals surface area (Å²) < 4.78 is 6.78. The van der Waals surface area contributed by atoms with Crippen LogP contribution in [-0.2, 0) is 18.0 Å². The summed E-state index contributed by atoms with van der Waals surface area (Å²) in [6, 6.07) is 15.9. The predicted molar refractivity (Wildman–Crippen MR) is 83.0 cm³/mol. The first-order valence-electron chi connectivity index (χ1n) is 6.29. The Balaban J connectivity index is 1.95. The molecule has 1 N–H and O–H groups in total. The average molecular weight is 331 g/mol. The van der Waals surface area contributed by atoms with Crippen molar-refractivity contribution in [3.8, 4) is 11.8 Å². The van der Waals surface area contributed by atoms with Crippen LogP contribution in [0.2, 0.25) is 0 Å². The normalized spacial score (nSPS) is 9.90. The minimum absolute atomic E-state index is 0.131. The van der Waals surface area contributed by atoms with E-state index in [0.717, 1.165) is 21.2 Å². The largest absolute Gasteiger partial charge is 0.384 e. The zero-order valence-electron chi connectivity index (χ0n) is 11.0. The second-order valence-corrected chi connectivity index (χ2v) is 5.15. The second kappa shape index (κ2) is 7.86. The summed E-state index contributed by atoms with van der Waals surface area (Å²) in [5.41, 5.74) is 3.06. The molecule has 0 aromatic heterocycles. The maximum Gasteiger partial charge on any atom is 0.104 e. The average Bonchev–Trinajstić information content (AvgIpc) is 2.48. The van der Waals surface area contributed by atoms with Crippen LogP contribution in [0.15, 0.2) is 53.0 Å². The fourth-order valence-electron chi connectivity index (χ4n) is 1.76. The van der Waals surface area contributed by atoms with E-state index in [9.17, 15) is 0 Å². The molecule has 102 valence electrons. The van der Waals surface area contributed by atoms with Crippen LogP contribution >= 0.6 is 15.9 Å². The van der Waals surface area contributed by atoms with Gasteiger partial charge < -0.3 is 9.84 Å².